The van der Waals surface area contributed by atoms with Gasteiger partial charge in [0.15, 0.2) is 0 Å². The molecule has 0 aliphatic heterocycles. The molecule has 1 aromatic carbocycles. The third kappa shape index (κ3) is 2.89. The van der Waals surface area contributed by atoms with Crippen molar-refractivity contribution in [2.24, 2.45) is 0 Å². The fraction of sp³-hybridized carbons (Fsp3) is 0.278. The van der Waals surface area contributed by atoms with E-state index in [0.717, 1.165) is 33.7 Å². The van der Waals surface area contributed by atoms with Crippen molar-refractivity contribution in [3.05, 3.63) is 63.7 Å². The molecule has 0 N–H and O–H groups in total. The van der Waals surface area contributed by atoms with Crippen LogP contribution in [0.15, 0.2) is 45.5 Å². The molecule has 1 saturated carbocycles. The second-order valence-electron chi connectivity index (χ2n) is 6.15. The summed E-state index contributed by atoms with van der Waals surface area (Å²) >= 11 is 3.48. The molecule has 0 amide bonds. The molecule has 1 aliphatic carbocycles. The lowest BCUT2D eigenvalue weighted by Crippen LogP contribution is -2.08. The minimum atomic E-state index is -0.379. The molecule has 2 unspecified atom stereocenters. The summed E-state index contributed by atoms with van der Waals surface area (Å²) in [5.74, 6) is 0.811. The van der Waals surface area contributed by atoms with Gasteiger partial charge in [0.05, 0.1) is 30.4 Å². The van der Waals surface area contributed by atoms with Gasteiger partial charge < -0.3 is 9.26 Å². The molecule has 1 fully saturated rings. The van der Waals surface area contributed by atoms with Crippen molar-refractivity contribution in [3.8, 4) is 5.69 Å². The minimum absolute atomic E-state index is 0.142. The van der Waals surface area contributed by atoms with E-state index in [1.165, 1.54) is 7.11 Å². The Kier molecular flexibility index (Phi) is 3.95. The van der Waals surface area contributed by atoms with E-state index in [4.69, 9.17) is 9.26 Å². The molecule has 0 radical (unpaired) electrons. The molecule has 25 heavy (non-hydrogen) atoms. The number of benzene rings is 1. The molecule has 2 atom stereocenters. The number of hydrogen-bond acceptors (Lipinski definition) is 5. The predicted octanol–water partition coefficient (Wildman–Crippen LogP) is 3.99. The zero-order valence-corrected chi connectivity index (χ0v) is 15.4. The summed E-state index contributed by atoms with van der Waals surface area (Å²) in [5, 5.41) is 8.40. The first kappa shape index (κ1) is 16.1. The molecule has 0 spiro atoms. The highest BCUT2D eigenvalue weighted by Crippen LogP contribution is 2.55. The Morgan fingerprint density at radius 2 is 2.20 bits per heavy atom. The Bertz CT molecular complexity index is 947. The highest BCUT2D eigenvalue weighted by molar-refractivity contribution is 9.10. The lowest BCUT2D eigenvalue weighted by Gasteiger charge is -2.09. The van der Waals surface area contributed by atoms with Crippen molar-refractivity contribution >= 4 is 21.9 Å². The number of halogens is 1. The number of methoxy groups -OCH3 is 1. The van der Waals surface area contributed by atoms with Gasteiger partial charge in [-0.15, -0.1) is 0 Å². The summed E-state index contributed by atoms with van der Waals surface area (Å²) in [5.41, 5.74) is 3.09. The lowest BCUT2D eigenvalue weighted by molar-refractivity contribution is 0.0599. The number of hydrogen-bond donors (Lipinski definition) is 0. The third-order valence-electron chi connectivity index (χ3n) is 4.42. The van der Waals surface area contributed by atoms with Crippen LogP contribution >= 0.6 is 15.9 Å². The molecule has 2 heterocycles. The Morgan fingerprint density at radius 3 is 2.88 bits per heavy atom. The summed E-state index contributed by atoms with van der Waals surface area (Å²) in [6, 6.07) is 9.76. The quantitative estimate of drug-likeness (QED) is 0.618. The monoisotopic (exact) mass is 401 g/mol. The van der Waals surface area contributed by atoms with Gasteiger partial charge in [0.2, 0.25) is 0 Å². The van der Waals surface area contributed by atoms with Crippen LogP contribution in [0.2, 0.25) is 0 Å². The van der Waals surface area contributed by atoms with Crippen molar-refractivity contribution in [2.75, 3.05) is 7.11 Å². The Labute approximate surface area is 152 Å². The van der Waals surface area contributed by atoms with E-state index in [1.54, 1.807) is 6.20 Å². The van der Waals surface area contributed by atoms with Crippen LogP contribution in [0.5, 0.6) is 0 Å². The molecule has 3 aromatic rings. The van der Waals surface area contributed by atoms with Gasteiger partial charge in [0.25, 0.3) is 0 Å². The van der Waals surface area contributed by atoms with E-state index in [1.807, 2.05) is 41.9 Å². The second-order valence-corrected chi connectivity index (χ2v) is 7.06. The Balaban J connectivity index is 1.77. The van der Waals surface area contributed by atoms with Crippen molar-refractivity contribution in [1.82, 2.24) is 14.9 Å². The minimum Gasteiger partial charge on any atom is -0.465 e. The first-order chi connectivity index (χ1) is 12.1. The number of carbonyl (C=O) groups excluding carboxylic acids is 1. The lowest BCUT2D eigenvalue weighted by atomic mass is 10.1. The zero-order chi connectivity index (χ0) is 17.6. The van der Waals surface area contributed by atoms with Crippen LogP contribution in [0.4, 0.5) is 0 Å². The number of nitrogens with zero attached hydrogens (tertiary/aromatic N) is 3. The van der Waals surface area contributed by atoms with Crippen LogP contribution in [0, 0.1) is 6.92 Å². The number of aromatic nitrogens is 3. The summed E-state index contributed by atoms with van der Waals surface area (Å²) in [4.78, 5) is 12.2. The van der Waals surface area contributed by atoms with E-state index >= 15 is 0 Å². The molecule has 6 nitrogen and oxygen atoms in total. The summed E-state index contributed by atoms with van der Waals surface area (Å²) in [7, 11) is 1.38. The highest BCUT2D eigenvalue weighted by Gasteiger charge is 2.46. The normalized spacial score (nSPS) is 19.0. The standard InChI is InChI=1S/C18H16BrN3O3/c1-10-6-16(25-21-10)13-8-14(13)17-15(18(23)24-2)9-20-22(17)12-5-3-4-11(19)7-12/h3-7,9,13-14H,8H2,1-2H3. The van der Waals surface area contributed by atoms with Gasteiger partial charge in [-0.1, -0.05) is 27.2 Å². The first-order valence-corrected chi connectivity index (χ1v) is 8.73. The predicted molar refractivity (Wildman–Crippen MR) is 93.9 cm³/mol. The number of ether oxygens (including phenoxy) is 1. The number of rotatable bonds is 4. The number of carbonyl (C=O) groups is 1. The van der Waals surface area contributed by atoms with Crippen molar-refractivity contribution in [3.63, 3.8) is 0 Å². The molecule has 2 aromatic heterocycles. The van der Waals surface area contributed by atoms with Crippen LogP contribution in [0.1, 0.15) is 45.8 Å². The highest BCUT2D eigenvalue weighted by atomic mass is 79.9. The SMILES string of the molecule is COC(=O)c1cnn(-c2cccc(Br)c2)c1C1CC1c1cc(C)no1. The van der Waals surface area contributed by atoms with Crippen molar-refractivity contribution in [1.29, 1.82) is 0 Å². The Morgan fingerprint density at radius 1 is 1.36 bits per heavy atom. The topological polar surface area (TPSA) is 70.2 Å². The first-order valence-electron chi connectivity index (χ1n) is 7.94. The third-order valence-corrected chi connectivity index (χ3v) is 4.91. The molecule has 7 heteroatoms. The summed E-state index contributed by atoms with van der Waals surface area (Å²) in [6.45, 7) is 1.90. The van der Waals surface area contributed by atoms with E-state index in [9.17, 15) is 4.79 Å². The summed E-state index contributed by atoms with van der Waals surface area (Å²) < 4.78 is 13.1. The molecule has 4 rings (SSSR count). The van der Waals surface area contributed by atoms with Crippen LogP contribution in [0.3, 0.4) is 0 Å². The van der Waals surface area contributed by atoms with Crippen LogP contribution in [-0.2, 0) is 4.74 Å². The molecule has 0 bridgehead atoms. The van der Waals surface area contributed by atoms with Gasteiger partial charge in [0, 0.05) is 22.4 Å². The van der Waals surface area contributed by atoms with Crippen LogP contribution in [-0.4, -0.2) is 28.0 Å². The fourth-order valence-electron chi connectivity index (χ4n) is 3.17. The van der Waals surface area contributed by atoms with E-state index in [0.29, 0.717) is 5.56 Å². The zero-order valence-electron chi connectivity index (χ0n) is 13.8. The Hall–Kier alpha value is -2.41. The average molecular weight is 402 g/mol. The van der Waals surface area contributed by atoms with E-state index in [2.05, 4.69) is 26.2 Å². The largest absolute Gasteiger partial charge is 0.465 e. The van der Waals surface area contributed by atoms with Gasteiger partial charge in [-0.3, -0.25) is 0 Å². The van der Waals surface area contributed by atoms with Gasteiger partial charge in [-0.2, -0.15) is 5.10 Å². The maximum atomic E-state index is 12.2. The van der Waals surface area contributed by atoms with Crippen molar-refractivity contribution in [2.45, 2.75) is 25.2 Å². The summed E-state index contributed by atoms with van der Waals surface area (Å²) in [6.07, 6.45) is 2.46. The molecular weight excluding hydrogens is 386 g/mol. The molecule has 0 saturated heterocycles. The van der Waals surface area contributed by atoms with E-state index in [-0.39, 0.29) is 17.8 Å². The maximum absolute atomic E-state index is 12.2. The van der Waals surface area contributed by atoms with E-state index < -0.39 is 0 Å². The number of aryl methyl sites for hydroxylation is 1. The fourth-order valence-corrected chi connectivity index (χ4v) is 3.55. The molecule has 128 valence electrons. The maximum Gasteiger partial charge on any atom is 0.341 e. The van der Waals surface area contributed by atoms with Crippen LogP contribution < -0.4 is 0 Å². The number of esters is 1. The van der Waals surface area contributed by atoms with Crippen LogP contribution in [0.25, 0.3) is 5.69 Å². The van der Waals surface area contributed by atoms with Crippen molar-refractivity contribution < 1.29 is 14.1 Å². The molecular formula is C18H16BrN3O3. The van der Waals surface area contributed by atoms with Gasteiger partial charge in [-0.25, -0.2) is 9.48 Å². The van der Waals surface area contributed by atoms with Gasteiger partial charge >= 0.3 is 5.97 Å². The smallest absolute Gasteiger partial charge is 0.341 e. The molecule has 1 aliphatic rings. The van der Waals surface area contributed by atoms with Gasteiger partial charge in [-0.05, 0) is 31.5 Å². The van der Waals surface area contributed by atoms with Gasteiger partial charge in [0.1, 0.15) is 11.3 Å². The average Bonchev–Trinajstić information content (AvgIpc) is 3.06. The second kappa shape index (κ2) is 6.15.